The van der Waals surface area contributed by atoms with Gasteiger partial charge in [0.1, 0.15) is 17.2 Å². The quantitative estimate of drug-likeness (QED) is 0.711. The van der Waals surface area contributed by atoms with Gasteiger partial charge in [0.15, 0.2) is 0 Å². The number of nitrogens with one attached hydrogen (secondary N) is 1. The maximum absolute atomic E-state index is 4.78. The van der Waals surface area contributed by atoms with Gasteiger partial charge in [-0.1, -0.05) is 34.1 Å². The molecule has 0 unspecified atom stereocenters. The third kappa shape index (κ3) is 2.95. The Kier molecular flexibility index (Phi) is 3.49. The van der Waals surface area contributed by atoms with Gasteiger partial charge in [0.05, 0.1) is 0 Å². The van der Waals surface area contributed by atoms with Crippen molar-refractivity contribution in [3.63, 3.8) is 0 Å². The van der Waals surface area contributed by atoms with Crippen molar-refractivity contribution in [2.24, 2.45) is 0 Å². The highest BCUT2D eigenvalue weighted by Gasteiger charge is 2.18. The molecule has 2 aromatic heterocycles. The number of rotatable bonds is 2. The summed E-state index contributed by atoms with van der Waals surface area (Å²) in [4.78, 5) is 4.78. The number of nitrogens with zero attached hydrogens (tertiary/aromatic N) is 2. The van der Waals surface area contributed by atoms with Crippen molar-refractivity contribution in [3.8, 4) is 11.3 Å². The summed E-state index contributed by atoms with van der Waals surface area (Å²) in [6.45, 7) is 6.46. The number of aromatic nitrogens is 2. The van der Waals surface area contributed by atoms with Crippen LogP contribution in [0, 0.1) is 0 Å². The molecule has 0 radical (unpaired) electrons. The fraction of sp³-hybridized carbons (Fsp3) is 0.235. The maximum Gasteiger partial charge on any atom is 0.139 e. The fourth-order valence-corrected chi connectivity index (χ4v) is 2.54. The minimum Gasteiger partial charge on any atom is -0.365 e. The van der Waals surface area contributed by atoms with Gasteiger partial charge < -0.3 is 5.32 Å². The topological polar surface area (TPSA) is 29.3 Å². The number of pyridine rings is 1. The van der Waals surface area contributed by atoms with Crippen molar-refractivity contribution in [2.45, 2.75) is 26.3 Å². The van der Waals surface area contributed by atoms with Gasteiger partial charge in [-0.3, -0.25) is 4.40 Å². The second kappa shape index (κ2) is 5.19. The summed E-state index contributed by atoms with van der Waals surface area (Å²) in [5.41, 5.74) is 3.00. The van der Waals surface area contributed by atoms with E-state index in [2.05, 4.69) is 58.6 Å². The summed E-state index contributed by atoms with van der Waals surface area (Å²) >= 11 is 3.48. The standard InChI is InChI=1S/C17H18BrN3/c1-17(2,3)20-16-15(12-7-9-13(18)10-8-12)19-14-6-4-5-11-21(14)16/h4-11,20H,1-3H3. The Morgan fingerprint density at radius 3 is 2.43 bits per heavy atom. The Bertz CT molecular complexity index is 767. The number of imidazole rings is 1. The monoisotopic (exact) mass is 343 g/mol. The normalized spacial score (nSPS) is 11.8. The third-order valence-corrected chi connectivity index (χ3v) is 3.67. The lowest BCUT2D eigenvalue weighted by Crippen LogP contribution is -2.27. The van der Waals surface area contributed by atoms with Gasteiger partial charge in [-0.15, -0.1) is 0 Å². The van der Waals surface area contributed by atoms with Crippen molar-refractivity contribution in [1.82, 2.24) is 9.38 Å². The average Bonchev–Trinajstić information content (AvgIpc) is 2.77. The first-order valence-electron chi connectivity index (χ1n) is 6.95. The summed E-state index contributed by atoms with van der Waals surface area (Å²) in [5.74, 6) is 1.03. The second-order valence-electron chi connectivity index (χ2n) is 6.12. The molecule has 3 aromatic rings. The van der Waals surface area contributed by atoms with Crippen molar-refractivity contribution in [2.75, 3.05) is 5.32 Å². The van der Waals surface area contributed by atoms with E-state index in [9.17, 15) is 0 Å². The lowest BCUT2D eigenvalue weighted by atomic mass is 10.1. The van der Waals surface area contributed by atoms with E-state index in [0.717, 1.165) is 27.2 Å². The summed E-state index contributed by atoms with van der Waals surface area (Å²) in [7, 11) is 0. The molecule has 0 bridgehead atoms. The Morgan fingerprint density at radius 1 is 1.05 bits per heavy atom. The van der Waals surface area contributed by atoms with E-state index in [1.807, 2.05) is 36.5 Å². The van der Waals surface area contributed by atoms with Gasteiger partial charge in [0.25, 0.3) is 0 Å². The molecule has 1 N–H and O–H groups in total. The molecule has 4 heteroatoms. The van der Waals surface area contributed by atoms with Crippen molar-refractivity contribution in [3.05, 3.63) is 53.1 Å². The van der Waals surface area contributed by atoms with E-state index in [1.54, 1.807) is 0 Å². The van der Waals surface area contributed by atoms with E-state index < -0.39 is 0 Å². The zero-order valence-electron chi connectivity index (χ0n) is 12.4. The zero-order chi connectivity index (χ0) is 15.0. The molecule has 0 aliphatic carbocycles. The van der Waals surface area contributed by atoms with Gasteiger partial charge in [0, 0.05) is 21.8 Å². The van der Waals surface area contributed by atoms with Crippen LogP contribution in [0.25, 0.3) is 16.9 Å². The first-order chi connectivity index (χ1) is 9.94. The van der Waals surface area contributed by atoms with E-state index in [-0.39, 0.29) is 5.54 Å². The second-order valence-corrected chi connectivity index (χ2v) is 7.04. The predicted molar refractivity (Wildman–Crippen MR) is 91.7 cm³/mol. The van der Waals surface area contributed by atoms with Crippen LogP contribution in [0.1, 0.15) is 20.8 Å². The molecule has 3 rings (SSSR count). The Labute approximate surface area is 133 Å². The van der Waals surface area contributed by atoms with Gasteiger partial charge >= 0.3 is 0 Å². The molecule has 0 aliphatic rings. The average molecular weight is 344 g/mol. The minimum atomic E-state index is -0.0318. The van der Waals surface area contributed by atoms with E-state index >= 15 is 0 Å². The zero-order valence-corrected chi connectivity index (χ0v) is 14.0. The minimum absolute atomic E-state index is 0.0318. The molecule has 0 fully saturated rings. The van der Waals surface area contributed by atoms with E-state index in [1.165, 1.54) is 0 Å². The summed E-state index contributed by atoms with van der Waals surface area (Å²) in [6.07, 6.45) is 2.04. The number of hydrogen-bond donors (Lipinski definition) is 1. The van der Waals surface area contributed by atoms with Crippen LogP contribution < -0.4 is 5.32 Å². The lowest BCUT2D eigenvalue weighted by molar-refractivity contribution is 0.629. The largest absolute Gasteiger partial charge is 0.365 e. The van der Waals surface area contributed by atoms with E-state index in [0.29, 0.717) is 0 Å². The number of fused-ring (bicyclic) bond motifs is 1. The molecule has 0 aliphatic heterocycles. The summed E-state index contributed by atoms with van der Waals surface area (Å²) in [5, 5.41) is 3.57. The predicted octanol–water partition coefficient (Wildman–Crippen LogP) is 4.97. The highest BCUT2D eigenvalue weighted by atomic mass is 79.9. The Balaban J connectivity index is 2.21. The maximum atomic E-state index is 4.78. The molecule has 0 amide bonds. The molecule has 0 atom stereocenters. The van der Waals surface area contributed by atoms with Gasteiger partial charge in [-0.25, -0.2) is 4.98 Å². The molecule has 3 nitrogen and oxygen atoms in total. The summed E-state index contributed by atoms with van der Waals surface area (Å²) in [6, 6.07) is 14.3. The van der Waals surface area contributed by atoms with Crippen LogP contribution in [-0.4, -0.2) is 14.9 Å². The highest BCUT2D eigenvalue weighted by molar-refractivity contribution is 9.10. The van der Waals surface area contributed by atoms with Crippen LogP contribution in [0.15, 0.2) is 53.1 Å². The molecule has 0 saturated heterocycles. The van der Waals surface area contributed by atoms with Crippen molar-refractivity contribution >= 4 is 27.4 Å². The Hall–Kier alpha value is -1.81. The van der Waals surface area contributed by atoms with Crippen LogP contribution >= 0.6 is 15.9 Å². The SMILES string of the molecule is CC(C)(C)Nc1c(-c2ccc(Br)cc2)nc2ccccn12. The molecule has 21 heavy (non-hydrogen) atoms. The first kappa shape index (κ1) is 14.1. The van der Waals surface area contributed by atoms with Crippen LogP contribution in [0.4, 0.5) is 5.82 Å². The number of halogens is 1. The number of hydrogen-bond acceptors (Lipinski definition) is 2. The fourth-order valence-electron chi connectivity index (χ4n) is 2.28. The van der Waals surface area contributed by atoms with Crippen LogP contribution in [0.3, 0.4) is 0 Å². The van der Waals surface area contributed by atoms with Gasteiger partial charge in [-0.2, -0.15) is 0 Å². The van der Waals surface area contributed by atoms with Crippen LogP contribution in [0.5, 0.6) is 0 Å². The highest BCUT2D eigenvalue weighted by Crippen LogP contribution is 2.31. The van der Waals surface area contributed by atoms with Gasteiger partial charge in [0.2, 0.25) is 0 Å². The molecule has 2 heterocycles. The van der Waals surface area contributed by atoms with Crippen LogP contribution in [0.2, 0.25) is 0 Å². The molecule has 0 saturated carbocycles. The number of anilines is 1. The van der Waals surface area contributed by atoms with Crippen molar-refractivity contribution < 1.29 is 0 Å². The first-order valence-corrected chi connectivity index (χ1v) is 7.74. The Morgan fingerprint density at radius 2 is 1.76 bits per heavy atom. The van der Waals surface area contributed by atoms with Crippen LogP contribution in [-0.2, 0) is 0 Å². The lowest BCUT2D eigenvalue weighted by Gasteiger charge is -2.22. The van der Waals surface area contributed by atoms with Crippen molar-refractivity contribution in [1.29, 1.82) is 0 Å². The third-order valence-electron chi connectivity index (χ3n) is 3.14. The summed E-state index contributed by atoms with van der Waals surface area (Å²) < 4.78 is 3.17. The molecular weight excluding hydrogens is 326 g/mol. The van der Waals surface area contributed by atoms with E-state index in [4.69, 9.17) is 4.98 Å². The molecular formula is C17H18BrN3. The molecule has 108 valence electrons. The van der Waals surface area contributed by atoms with Gasteiger partial charge in [-0.05, 0) is 45.0 Å². The molecule has 1 aromatic carbocycles. The molecule has 0 spiro atoms. The number of benzene rings is 1. The smallest absolute Gasteiger partial charge is 0.139 e.